The molecule has 2 aliphatic rings. The van der Waals surface area contributed by atoms with E-state index in [1.165, 1.54) is 0 Å². The molecule has 3 heterocycles. The van der Waals surface area contributed by atoms with Gasteiger partial charge >= 0.3 is 0 Å². The number of carbonyl (C=O) groups is 2. The van der Waals surface area contributed by atoms with Crippen LogP contribution in [0.4, 0.5) is 11.4 Å². The number of imidazole rings is 1. The van der Waals surface area contributed by atoms with Crippen molar-refractivity contribution in [1.29, 1.82) is 0 Å². The summed E-state index contributed by atoms with van der Waals surface area (Å²) in [6, 6.07) is 7.30. The Hall–Kier alpha value is -2.71. The van der Waals surface area contributed by atoms with E-state index >= 15 is 0 Å². The molecule has 2 amide bonds. The number of anilines is 2. The quantitative estimate of drug-likeness (QED) is 0.817. The maximum absolute atomic E-state index is 12.9. The Balaban J connectivity index is 1.48. The molecule has 1 fully saturated rings. The Morgan fingerprint density at radius 2 is 2.15 bits per heavy atom. The minimum atomic E-state index is -0.178. The number of hydrogen-bond acceptors (Lipinski definition) is 5. The molecule has 0 unspecified atom stereocenters. The molecule has 3 N–H and O–H groups in total. The van der Waals surface area contributed by atoms with Crippen molar-refractivity contribution >= 4 is 23.2 Å². The summed E-state index contributed by atoms with van der Waals surface area (Å²) in [5, 5.41) is 2.80. The van der Waals surface area contributed by atoms with Crippen LogP contribution in [0.25, 0.3) is 0 Å². The summed E-state index contributed by atoms with van der Waals surface area (Å²) in [5.74, 6) is -0.125. The van der Waals surface area contributed by atoms with Crippen LogP contribution in [-0.4, -0.2) is 58.5 Å². The molecule has 4 rings (SSSR count). The number of nitrogens with two attached hydrogens (primary N) is 1. The molecule has 0 aliphatic carbocycles. The molecule has 26 heavy (non-hydrogen) atoms. The number of aryl methyl sites for hydroxylation is 1. The van der Waals surface area contributed by atoms with Crippen molar-refractivity contribution in [3.8, 4) is 0 Å². The number of fused-ring (bicyclic) bond motifs is 1. The van der Waals surface area contributed by atoms with Crippen LogP contribution in [0.3, 0.4) is 0 Å². The number of carbonyl (C=O) groups excluding carboxylic acids is 2. The predicted molar refractivity (Wildman–Crippen MR) is 97.8 cm³/mol. The Labute approximate surface area is 151 Å². The molecule has 1 saturated heterocycles. The zero-order valence-electron chi connectivity index (χ0n) is 14.6. The first-order valence-corrected chi connectivity index (χ1v) is 8.66. The molecule has 8 nitrogen and oxygen atoms in total. The van der Waals surface area contributed by atoms with Gasteiger partial charge in [-0.05, 0) is 12.1 Å². The van der Waals surface area contributed by atoms with E-state index in [0.29, 0.717) is 18.8 Å². The van der Waals surface area contributed by atoms with Crippen LogP contribution in [0.15, 0.2) is 36.8 Å². The third kappa shape index (κ3) is 2.97. The van der Waals surface area contributed by atoms with Crippen molar-refractivity contribution < 1.29 is 9.59 Å². The molecule has 0 spiro atoms. The van der Waals surface area contributed by atoms with Crippen LogP contribution in [0.1, 0.15) is 11.6 Å². The van der Waals surface area contributed by atoms with Crippen molar-refractivity contribution in [1.82, 2.24) is 14.5 Å². The van der Waals surface area contributed by atoms with Crippen molar-refractivity contribution in [3.63, 3.8) is 0 Å². The molecular weight excluding hydrogens is 332 g/mol. The van der Waals surface area contributed by atoms with Crippen LogP contribution in [0.5, 0.6) is 0 Å². The molecule has 1 aromatic carbocycles. The first kappa shape index (κ1) is 16.7. The van der Waals surface area contributed by atoms with E-state index in [2.05, 4.69) is 15.2 Å². The van der Waals surface area contributed by atoms with E-state index in [-0.39, 0.29) is 36.9 Å². The summed E-state index contributed by atoms with van der Waals surface area (Å²) in [5.41, 5.74) is 8.80. The van der Waals surface area contributed by atoms with E-state index in [9.17, 15) is 9.59 Å². The van der Waals surface area contributed by atoms with Crippen LogP contribution < -0.4 is 16.0 Å². The number of amides is 2. The van der Waals surface area contributed by atoms with Gasteiger partial charge in [-0.1, -0.05) is 12.1 Å². The number of para-hydroxylation sites is 2. The molecular formula is C18H22N6O2. The van der Waals surface area contributed by atoms with Crippen LogP contribution in [0, 0.1) is 0 Å². The number of aromatic nitrogens is 2. The smallest absolute Gasteiger partial charge is 0.244 e. The van der Waals surface area contributed by atoms with Gasteiger partial charge in [0.1, 0.15) is 6.54 Å². The molecule has 2 atom stereocenters. The zero-order chi connectivity index (χ0) is 18.3. The van der Waals surface area contributed by atoms with Gasteiger partial charge in [0, 0.05) is 44.0 Å². The Kier molecular flexibility index (Phi) is 4.21. The predicted octanol–water partition coefficient (Wildman–Crippen LogP) is 0.132. The lowest BCUT2D eigenvalue weighted by Gasteiger charge is -2.30. The van der Waals surface area contributed by atoms with Gasteiger partial charge in [-0.2, -0.15) is 0 Å². The minimum Gasteiger partial charge on any atom is -0.337 e. The van der Waals surface area contributed by atoms with Crippen molar-refractivity contribution in [2.45, 2.75) is 12.0 Å². The first-order chi connectivity index (χ1) is 12.5. The van der Waals surface area contributed by atoms with Crippen LogP contribution in [-0.2, 0) is 16.6 Å². The lowest BCUT2D eigenvalue weighted by atomic mass is 10.0. The van der Waals surface area contributed by atoms with Gasteiger partial charge in [-0.3, -0.25) is 19.4 Å². The number of nitrogens with one attached hydrogen (secondary N) is 1. The number of benzene rings is 1. The maximum Gasteiger partial charge on any atom is 0.244 e. The fourth-order valence-corrected chi connectivity index (χ4v) is 3.81. The lowest BCUT2D eigenvalue weighted by Crippen LogP contribution is -2.46. The topological polar surface area (TPSA) is 96.5 Å². The number of hydrogen-bond donors (Lipinski definition) is 2. The van der Waals surface area contributed by atoms with Crippen LogP contribution in [0.2, 0.25) is 0 Å². The fraction of sp³-hybridized carbons (Fsp3) is 0.389. The summed E-state index contributed by atoms with van der Waals surface area (Å²) >= 11 is 0. The third-order valence-electron chi connectivity index (χ3n) is 5.11. The van der Waals surface area contributed by atoms with E-state index in [4.69, 9.17) is 5.73 Å². The highest BCUT2D eigenvalue weighted by Gasteiger charge is 2.35. The van der Waals surface area contributed by atoms with Gasteiger partial charge in [0.05, 0.1) is 24.2 Å². The highest BCUT2D eigenvalue weighted by molar-refractivity contribution is 6.10. The maximum atomic E-state index is 12.9. The average Bonchev–Trinajstić information content (AvgIpc) is 3.19. The molecule has 0 radical (unpaired) electrons. The summed E-state index contributed by atoms with van der Waals surface area (Å²) in [7, 11) is 1.95. The van der Waals surface area contributed by atoms with Gasteiger partial charge in [-0.15, -0.1) is 0 Å². The largest absolute Gasteiger partial charge is 0.337 e. The molecule has 136 valence electrons. The number of rotatable bonds is 3. The Bertz CT molecular complexity index is 848. The summed E-state index contributed by atoms with van der Waals surface area (Å²) in [4.78, 5) is 32.6. The number of nitrogens with zero attached hydrogens (tertiary/aromatic N) is 4. The lowest BCUT2D eigenvalue weighted by molar-refractivity contribution is -0.122. The van der Waals surface area contributed by atoms with E-state index < -0.39 is 0 Å². The Morgan fingerprint density at radius 3 is 2.92 bits per heavy atom. The van der Waals surface area contributed by atoms with Crippen molar-refractivity contribution in [2.75, 3.05) is 36.4 Å². The monoisotopic (exact) mass is 354 g/mol. The highest BCUT2D eigenvalue weighted by atomic mass is 16.2. The summed E-state index contributed by atoms with van der Waals surface area (Å²) in [6.07, 6.45) is 3.60. The van der Waals surface area contributed by atoms with E-state index in [1.54, 1.807) is 17.3 Å². The molecule has 8 heteroatoms. The second kappa shape index (κ2) is 6.54. The zero-order valence-corrected chi connectivity index (χ0v) is 14.6. The molecule has 2 aromatic rings. The fourth-order valence-electron chi connectivity index (χ4n) is 3.81. The van der Waals surface area contributed by atoms with Gasteiger partial charge in [-0.25, -0.2) is 4.98 Å². The molecule has 2 aliphatic heterocycles. The van der Waals surface area contributed by atoms with Gasteiger partial charge in [0.15, 0.2) is 0 Å². The third-order valence-corrected chi connectivity index (χ3v) is 5.11. The Morgan fingerprint density at radius 1 is 1.35 bits per heavy atom. The first-order valence-electron chi connectivity index (χ1n) is 8.66. The summed E-state index contributed by atoms with van der Waals surface area (Å²) < 4.78 is 1.97. The SMILES string of the molecule is Cn1cncc1[C@@H]1CN(CC(=O)N2CC(=O)Nc3ccccc32)C[C@H]1N. The van der Waals surface area contributed by atoms with E-state index in [0.717, 1.165) is 11.4 Å². The highest BCUT2D eigenvalue weighted by Crippen LogP contribution is 2.30. The van der Waals surface area contributed by atoms with E-state index in [1.807, 2.05) is 36.0 Å². The minimum absolute atomic E-state index is 0.0426. The van der Waals surface area contributed by atoms with Gasteiger partial charge < -0.3 is 15.6 Å². The van der Waals surface area contributed by atoms with Crippen LogP contribution >= 0.6 is 0 Å². The molecule has 0 saturated carbocycles. The molecule has 0 bridgehead atoms. The standard InChI is InChI=1S/C18H22N6O2/c1-22-11-20-6-16(22)12-7-23(8-13(12)19)10-18(26)24-9-17(25)21-14-4-2-3-5-15(14)24/h2-6,11-13H,7-10,19H2,1H3,(H,21,25)/t12-,13-/m1/s1. The summed E-state index contributed by atoms with van der Waals surface area (Å²) in [6.45, 7) is 1.63. The van der Waals surface area contributed by atoms with Gasteiger partial charge in [0.25, 0.3) is 0 Å². The second-order valence-electron chi connectivity index (χ2n) is 6.94. The van der Waals surface area contributed by atoms with Crippen molar-refractivity contribution in [2.24, 2.45) is 12.8 Å². The molecule has 1 aromatic heterocycles. The van der Waals surface area contributed by atoms with Gasteiger partial charge in [0.2, 0.25) is 11.8 Å². The second-order valence-corrected chi connectivity index (χ2v) is 6.94. The normalized spacial score (nSPS) is 23.0. The number of likely N-dealkylation sites (tertiary alicyclic amines) is 1. The average molecular weight is 354 g/mol. The van der Waals surface area contributed by atoms with Crippen molar-refractivity contribution in [3.05, 3.63) is 42.5 Å².